The summed E-state index contributed by atoms with van der Waals surface area (Å²) >= 11 is 0. The summed E-state index contributed by atoms with van der Waals surface area (Å²) in [4.78, 5) is 12.3. The van der Waals surface area contributed by atoms with Gasteiger partial charge in [0, 0.05) is 6.04 Å². The molecular weight excluding hydrogens is 224 g/mol. The molecule has 0 aliphatic heterocycles. The van der Waals surface area contributed by atoms with E-state index in [1.165, 1.54) is 32.1 Å². The molecule has 0 spiro atoms. The zero-order chi connectivity index (χ0) is 13.4. The standard InChI is InChI=1S/C15H26N2O/c1-3-15(4-2,12-16)14(18)17-13-10-8-6-5-7-9-11-13/h13H,3-11H2,1-2H3,(H,17,18). The number of rotatable bonds is 4. The van der Waals surface area contributed by atoms with Crippen LogP contribution in [0.5, 0.6) is 0 Å². The number of hydrogen-bond donors (Lipinski definition) is 1. The zero-order valence-electron chi connectivity index (χ0n) is 11.8. The summed E-state index contributed by atoms with van der Waals surface area (Å²) in [5.74, 6) is -0.0550. The normalized spacial score (nSPS) is 18.5. The van der Waals surface area contributed by atoms with Gasteiger partial charge in [0.2, 0.25) is 5.91 Å². The van der Waals surface area contributed by atoms with Crippen LogP contribution in [-0.2, 0) is 4.79 Å². The molecule has 1 aliphatic carbocycles. The number of carbonyl (C=O) groups is 1. The van der Waals surface area contributed by atoms with Crippen LogP contribution in [-0.4, -0.2) is 11.9 Å². The zero-order valence-corrected chi connectivity index (χ0v) is 11.8. The van der Waals surface area contributed by atoms with E-state index in [0.717, 1.165) is 12.8 Å². The highest BCUT2D eigenvalue weighted by Gasteiger charge is 2.35. The topological polar surface area (TPSA) is 52.9 Å². The second-order valence-corrected chi connectivity index (χ2v) is 5.42. The second kappa shape index (κ2) is 7.41. The largest absolute Gasteiger partial charge is 0.352 e. The molecule has 3 nitrogen and oxygen atoms in total. The summed E-state index contributed by atoms with van der Waals surface area (Å²) < 4.78 is 0. The predicted octanol–water partition coefficient (Wildman–Crippen LogP) is 3.55. The van der Waals surface area contributed by atoms with Gasteiger partial charge in [-0.2, -0.15) is 5.26 Å². The van der Waals surface area contributed by atoms with Crippen LogP contribution in [0.3, 0.4) is 0 Å². The summed E-state index contributed by atoms with van der Waals surface area (Å²) in [6, 6.07) is 2.50. The Hall–Kier alpha value is -1.04. The maximum Gasteiger partial charge on any atom is 0.240 e. The van der Waals surface area contributed by atoms with E-state index in [2.05, 4.69) is 11.4 Å². The van der Waals surface area contributed by atoms with Crippen molar-refractivity contribution >= 4 is 5.91 Å². The highest BCUT2D eigenvalue weighted by atomic mass is 16.2. The van der Waals surface area contributed by atoms with Gasteiger partial charge in [0.25, 0.3) is 0 Å². The molecule has 0 aromatic carbocycles. The summed E-state index contributed by atoms with van der Waals surface area (Å²) in [5.41, 5.74) is -0.817. The molecule has 1 amide bonds. The lowest BCUT2D eigenvalue weighted by Gasteiger charge is -2.27. The Bertz CT molecular complexity index is 294. The second-order valence-electron chi connectivity index (χ2n) is 5.42. The molecule has 3 heteroatoms. The van der Waals surface area contributed by atoms with Crippen molar-refractivity contribution in [2.75, 3.05) is 0 Å². The summed E-state index contributed by atoms with van der Waals surface area (Å²) in [5, 5.41) is 12.4. The van der Waals surface area contributed by atoms with E-state index in [0.29, 0.717) is 12.8 Å². The Labute approximate surface area is 111 Å². The van der Waals surface area contributed by atoms with E-state index >= 15 is 0 Å². The Kier molecular flexibility index (Phi) is 6.18. The molecule has 0 radical (unpaired) electrons. The first kappa shape index (κ1) is 15.0. The number of nitrogens with zero attached hydrogens (tertiary/aromatic N) is 1. The van der Waals surface area contributed by atoms with Gasteiger partial charge in [0.15, 0.2) is 0 Å². The number of carbonyl (C=O) groups excluding carboxylic acids is 1. The van der Waals surface area contributed by atoms with Crippen LogP contribution in [0.15, 0.2) is 0 Å². The minimum atomic E-state index is -0.817. The van der Waals surface area contributed by atoms with Crippen LogP contribution in [0.25, 0.3) is 0 Å². The lowest BCUT2D eigenvalue weighted by atomic mass is 9.82. The summed E-state index contributed by atoms with van der Waals surface area (Å²) in [7, 11) is 0. The smallest absolute Gasteiger partial charge is 0.240 e. The van der Waals surface area contributed by atoms with E-state index in [-0.39, 0.29) is 11.9 Å². The maximum absolute atomic E-state index is 12.3. The molecule has 0 aromatic heterocycles. The Balaban J connectivity index is 2.58. The first-order valence-electron chi connectivity index (χ1n) is 7.40. The molecule has 0 saturated heterocycles. The van der Waals surface area contributed by atoms with Crippen LogP contribution in [0.2, 0.25) is 0 Å². The molecule has 1 aliphatic rings. The van der Waals surface area contributed by atoms with Crippen LogP contribution in [0.1, 0.15) is 71.6 Å². The third-order valence-electron chi connectivity index (χ3n) is 4.30. The van der Waals surface area contributed by atoms with E-state index in [4.69, 9.17) is 0 Å². The monoisotopic (exact) mass is 250 g/mol. The molecule has 0 aromatic rings. The highest BCUT2D eigenvalue weighted by molar-refractivity contribution is 5.85. The molecule has 1 rings (SSSR count). The van der Waals surface area contributed by atoms with Gasteiger partial charge in [-0.15, -0.1) is 0 Å². The Morgan fingerprint density at radius 1 is 1.17 bits per heavy atom. The molecule has 0 atom stereocenters. The fourth-order valence-electron chi connectivity index (χ4n) is 2.70. The number of nitrogens with one attached hydrogen (secondary N) is 1. The predicted molar refractivity (Wildman–Crippen MR) is 72.9 cm³/mol. The van der Waals surface area contributed by atoms with Gasteiger partial charge in [-0.25, -0.2) is 0 Å². The molecule has 1 fully saturated rings. The molecule has 1 N–H and O–H groups in total. The van der Waals surface area contributed by atoms with Crippen LogP contribution < -0.4 is 5.32 Å². The SMILES string of the molecule is CCC(C#N)(CC)C(=O)NC1CCCCCCC1. The first-order chi connectivity index (χ1) is 8.68. The molecule has 1 saturated carbocycles. The number of nitriles is 1. The molecule has 0 bridgehead atoms. The minimum Gasteiger partial charge on any atom is -0.352 e. The number of amides is 1. The van der Waals surface area contributed by atoms with Crippen molar-refractivity contribution in [2.24, 2.45) is 5.41 Å². The minimum absolute atomic E-state index is 0.0550. The average molecular weight is 250 g/mol. The maximum atomic E-state index is 12.3. The van der Waals surface area contributed by atoms with E-state index in [9.17, 15) is 10.1 Å². The van der Waals surface area contributed by atoms with Crippen molar-refractivity contribution in [3.05, 3.63) is 0 Å². The van der Waals surface area contributed by atoms with Crippen molar-refractivity contribution in [1.29, 1.82) is 5.26 Å². The van der Waals surface area contributed by atoms with Gasteiger partial charge in [-0.3, -0.25) is 4.79 Å². The van der Waals surface area contributed by atoms with Crippen LogP contribution in [0.4, 0.5) is 0 Å². The van der Waals surface area contributed by atoms with Gasteiger partial charge in [-0.1, -0.05) is 46.0 Å². The third kappa shape index (κ3) is 3.73. The van der Waals surface area contributed by atoms with Gasteiger partial charge in [-0.05, 0) is 25.7 Å². The van der Waals surface area contributed by atoms with Crippen molar-refractivity contribution in [2.45, 2.75) is 77.7 Å². The van der Waals surface area contributed by atoms with Crippen molar-refractivity contribution in [1.82, 2.24) is 5.32 Å². The first-order valence-corrected chi connectivity index (χ1v) is 7.40. The van der Waals surface area contributed by atoms with Gasteiger partial charge < -0.3 is 5.32 Å². The molecule has 0 heterocycles. The Morgan fingerprint density at radius 2 is 1.67 bits per heavy atom. The summed E-state index contributed by atoms with van der Waals surface area (Å²) in [6.45, 7) is 3.84. The van der Waals surface area contributed by atoms with E-state index in [1.54, 1.807) is 0 Å². The lowest BCUT2D eigenvalue weighted by molar-refractivity contribution is -0.129. The van der Waals surface area contributed by atoms with Gasteiger partial charge in [0.05, 0.1) is 6.07 Å². The average Bonchev–Trinajstić information content (AvgIpc) is 2.35. The van der Waals surface area contributed by atoms with Crippen molar-refractivity contribution in [3.8, 4) is 6.07 Å². The fourth-order valence-corrected chi connectivity index (χ4v) is 2.70. The third-order valence-corrected chi connectivity index (χ3v) is 4.30. The molecule has 18 heavy (non-hydrogen) atoms. The molecule has 0 unspecified atom stereocenters. The fraction of sp³-hybridized carbons (Fsp3) is 0.867. The number of hydrogen-bond acceptors (Lipinski definition) is 2. The van der Waals surface area contributed by atoms with Crippen molar-refractivity contribution < 1.29 is 4.79 Å². The van der Waals surface area contributed by atoms with Gasteiger partial charge in [0.1, 0.15) is 5.41 Å². The van der Waals surface area contributed by atoms with Crippen LogP contribution >= 0.6 is 0 Å². The summed E-state index contributed by atoms with van der Waals surface area (Å²) in [6.07, 6.45) is 9.60. The molecular formula is C15H26N2O. The van der Waals surface area contributed by atoms with Gasteiger partial charge >= 0.3 is 0 Å². The quantitative estimate of drug-likeness (QED) is 0.829. The van der Waals surface area contributed by atoms with E-state index < -0.39 is 5.41 Å². The Morgan fingerprint density at radius 3 is 2.11 bits per heavy atom. The molecule has 102 valence electrons. The van der Waals surface area contributed by atoms with Crippen molar-refractivity contribution in [3.63, 3.8) is 0 Å². The lowest BCUT2D eigenvalue weighted by Crippen LogP contribution is -2.44. The van der Waals surface area contributed by atoms with E-state index in [1.807, 2.05) is 13.8 Å². The van der Waals surface area contributed by atoms with Crippen LogP contribution in [0, 0.1) is 16.7 Å². The highest BCUT2D eigenvalue weighted by Crippen LogP contribution is 2.26.